The average Bonchev–Trinajstić information content (AvgIpc) is 1.89. The van der Waals surface area contributed by atoms with Crippen molar-refractivity contribution in [1.82, 2.24) is 0 Å². The maximum atomic E-state index is 10.5. The Morgan fingerprint density at radius 3 is 2.50 bits per heavy atom. The van der Waals surface area contributed by atoms with Crippen LogP contribution in [0.3, 0.4) is 0 Å². The largest absolute Gasteiger partial charge is 0.466 e. The standard InChI is InChI=1S/C6H12O4/c7-3-1-5-10-6(9)2-4-8/h7-8H,1-5H2. The molecule has 0 atom stereocenters. The van der Waals surface area contributed by atoms with Crippen molar-refractivity contribution in [2.24, 2.45) is 0 Å². The third-order valence-electron chi connectivity index (χ3n) is 0.881. The van der Waals surface area contributed by atoms with Crippen LogP contribution in [-0.4, -0.2) is 36.0 Å². The predicted octanol–water partition coefficient (Wildman–Crippen LogP) is -0.706. The maximum absolute atomic E-state index is 10.5. The second-order valence-electron chi connectivity index (χ2n) is 1.77. The quantitative estimate of drug-likeness (QED) is 0.399. The van der Waals surface area contributed by atoms with E-state index >= 15 is 0 Å². The second kappa shape index (κ2) is 6.51. The molecular formula is C6H12O4. The smallest absolute Gasteiger partial charge is 0.308 e. The lowest BCUT2D eigenvalue weighted by atomic mass is 10.4. The summed E-state index contributed by atoms with van der Waals surface area (Å²) in [5.41, 5.74) is 0. The molecule has 2 N–H and O–H groups in total. The molecule has 0 saturated carbocycles. The third kappa shape index (κ3) is 5.53. The fourth-order valence-electron chi connectivity index (χ4n) is 0.414. The monoisotopic (exact) mass is 148 g/mol. The number of esters is 1. The Hall–Kier alpha value is -0.610. The lowest BCUT2D eigenvalue weighted by Crippen LogP contribution is -2.08. The van der Waals surface area contributed by atoms with E-state index in [1.165, 1.54) is 0 Å². The Bertz CT molecular complexity index is 91.7. The summed E-state index contributed by atoms with van der Waals surface area (Å²) in [6.07, 6.45) is 0.489. The summed E-state index contributed by atoms with van der Waals surface area (Å²) in [7, 11) is 0. The van der Waals surface area contributed by atoms with Crippen molar-refractivity contribution >= 4 is 5.97 Å². The lowest BCUT2D eigenvalue weighted by molar-refractivity contribution is -0.144. The first kappa shape index (κ1) is 9.39. The summed E-state index contributed by atoms with van der Waals surface area (Å²) in [5.74, 6) is -0.420. The molecule has 0 spiro atoms. The van der Waals surface area contributed by atoms with Crippen LogP contribution in [0, 0.1) is 0 Å². The lowest BCUT2D eigenvalue weighted by Gasteiger charge is -2.00. The van der Waals surface area contributed by atoms with Crippen molar-refractivity contribution in [3.8, 4) is 0 Å². The molecule has 0 aliphatic carbocycles. The van der Waals surface area contributed by atoms with E-state index < -0.39 is 5.97 Å². The Morgan fingerprint density at radius 1 is 1.30 bits per heavy atom. The fraction of sp³-hybridized carbons (Fsp3) is 0.833. The highest BCUT2D eigenvalue weighted by Gasteiger charge is 1.98. The second-order valence-corrected chi connectivity index (χ2v) is 1.77. The van der Waals surface area contributed by atoms with Crippen LogP contribution in [-0.2, 0) is 9.53 Å². The van der Waals surface area contributed by atoms with E-state index in [4.69, 9.17) is 10.2 Å². The molecule has 0 radical (unpaired) electrons. The Balaban J connectivity index is 3.05. The number of hydrogen-bond acceptors (Lipinski definition) is 4. The van der Waals surface area contributed by atoms with Gasteiger partial charge in [0, 0.05) is 13.0 Å². The van der Waals surface area contributed by atoms with Gasteiger partial charge in [0.05, 0.1) is 19.6 Å². The predicted molar refractivity (Wildman–Crippen MR) is 34.4 cm³/mol. The number of aliphatic hydroxyl groups is 2. The molecule has 60 valence electrons. The molecule has 0 bridgehead atoms. The van der Waals surface area contributed by atoms with E-state index in [1.54, 1.807) is 0 Å². The van der Waals surface area contributed by atoms with Gasteiger partial charge < -0.3 is 14.9 Å². The molecule has 0 aromatic carbocycles. The Labute approximate surface area is 59.4 Å². The molecule has 4 heteroatoms. The topological polar surface area (TPSA) is 66.8 Å². The van der Waals surface area contributed by atoms with Crippen molar-refractivity contribution in [1.29, 1.82) is 0 Å². The van der Waals surface area contributed by atoms with Crippen LogP contribution in [0.1, 0.15) is 12.8 Å². The van der Waals surface area contributed by atoms with E-state index in [2.05, 4.69) is 4.74 Å². The summed E-state index contributed by atoms with van der Waals surface area (Å²) in [6, 6.07) is 0. The molecule has 4 nitrogen and oxygen atoms in total. The number of hydrogen-bond donors (Lipinski definition) is 2. The van der Waals surface area contributed by atoms with E-state index in [9.17, 15) is 4.79 Å². The number of ether oxygens (including phenoxy) is 1. The molecule has 0 aliphatic heterocycles. The maximum Gasteiger partial charge on any atom is 0.308 e. The van der Waals surface area contributed by atoms with Gasteiger partial charge in [0.1, 0.15) is 0 Å². The highest BCUT2D eigenvalue weighted by Crippen LogP contribution is 1.86. The van der Waals surface area contributed by atoms with Gasteiger partial charge in [-0.2, -0.15) is 0 Å². The van der Waals surface area contributed by atoms with E-state index in [-0.39, 0.29) is 26.2 Å². The van der Waals surface area contributed by atoms with Crippen LogP contribution >= 0.6 is 0 Å². The molecule has 0 unspecified atom stereocenters. The highest BCUT2D eigenvalue weighted by molar-refractivity contribution is 5.69. The van der Waals surface area contributed by atoms with Gasteiger partial charge in [-0.25, -0.2) is 0 Å². The molecule has 0 heterocycles. The first-order valence-corrected chi connectivity index (χ1v) is 3.18. The van der Waals surface area contributed by atoms with Gasteiger partial charge in [-0.15, -0.1) is 0 Å². The molecule has 0 aromatic rings. The van der Waals surface area contributed by atoms with Gasteiger partial charge in [-0.05, 0) is 0 Å². The van der Waals surface area contributed by atoms with Crippen LogP contribution in [0.2, 0.25) is 0 Å². The minimum absolute atomic E-state index is 0.0202. The molecule has 0 fully saturated rings. The van der Waals surface area contributed by atoms with Crippen LogP contribution in [0.15, 0.2) is 0 Å². The normalized spacial score (nSPS) is 9.40. The van der Waals surface area contributed by atoms with Crippen molar-refractivity contribution in [2.75, 3.05) is 19.8 Å². The van der Waals surface area contributed by atoms with Crippen LogP contribution in [0.4, 0.5) is 0 Å². The van der Waals surface area contributed by atoms with Crippen molar-refractivity contribution in [3.05, 3.63) is 0 Å². The number of carbonyl (C=O) groups excluding carboxylic acids is 1. The van der Waals surface area contributed by atoms with Crippen molar-refractivity contribution in [2.45, 2.75) is 12.8 Å². The Kier molecular flexibility index (Phi) is 6.11. The average molecular weight is 148 g/mol. The molecule has 0 rings (SSSR count). The Morgan fingerprint density at radius 2 is 2.00 bits per heavy atom. The van der Waals surface area contributed by atoms with Gasteiger partial charge in [0.2, 0.25) is 0 Å². The van der Waals surface area contributed by atoms with E-state index in [0.717, 1.165) is 0 Å². The zero-order valence-corrected chi connectivity index (χ0v) is 5.75. The molecule has 10 heavy (non-hydrogen) atoms. The fourth-order valence-corrected chi connectivity index (χ4v) is 0.414. The summed E-state index contributed by atoms with van der Waals surface area (Å²) in [6.45, 7) is 0.0691. The summed E-state index contributed by atoms with van der Waals surface area (Å²) >= 11 is 0. The zero-order valence-electron chi connectivity index (χ0n) is 5.75. The molecular weight excluding hydrogens is 136 g/mol. The number of carbonyl (C=O) groups is 1. The van der Waals surface area contributed by atoms with Gasteiger partial charge in [0.15, 0.2) is 0 Å². The van der Waals surface area contributed by atoms with Crippen LogP contribution < -0.4 is 0 Å². The zero-order chi connectivity index (χ0) is 7.82. The van der Waals surface area contributed by atoms with Gasteiger partial charge in [-0.1, -0.05) is 0 Å². The third-order valence-corrected chi connectivity index (χ3v) is 0.881. The minimum atomic E-state index is -0.420. The summed E-state index contributed by atoms with van der Waals surface area (Å²) in [5, 5.41) is 16.5. The summed E-state index contributed by atoms with van der Waals surface area (Å²) < 4.78 is 4.56. The van der Waals surface area contributed by atoms with Crippen molar-refractivity contribution < 1.29 is 19.7 Å². The SMILES string of the molecule is O=C(CCO)OCCCO. The minimum Gasteiger partial charge on any atom is -0.466 e. The molecule has 0 aromatic heterocycles. The first-order valence-electron chi connectivity index (χ1n) is 3.18. The number of rotatable bonds is 5. The van der Waals surface area contributed by atoms with Crippen molar-refractivity contribution in [3.63, 3.8) is 0 Å². The molecule has 0 saturated heterocycles. The van der Waals surface area contributed by atoms with Gasteiger partial charge in [-0.3, -0.25) is 4.79 Å². The molecule has 0 amide bonds. The van der Waals surface area contributed by atoms with Gasteiger partial charge in [0.25, 0.3) is 0 Å². The summed E-state index contributed by atoms with van der Waals surface area (Å²) in [4.78, 5) is 10.5. The van der Waals surface area contributed by atoms with Crippen LogP contribution in [0.5, 0.6) is 0 Å². The number of aliphatic hydroxyl groups excluding tert-OH is 2. The first-order chi connectivity index (χ1) is 4.81. The molecule has 0 aliphatic rings. The highest BCUT2D eigenvalue weighted by atomic mass is 16.5. The van der Waals surface area contributed by atoms with Gasteiger partial charge >= 0.3 is 5.97 Å². The van der Waals surface area contributed by atoms with E-state index in [1.807, 2.05) is 0 Å². The van der Waals surface area contributed by atoms with E-state index in [0.29, 0.717) is 6.42 Å². The van der Waals surface area contributed by atoms with Crippen LogP contribution in [0.25, 0.3) is 0 Å².